The van der Waals surface area contributed by atoms with Crippen molar-refractivity contribution >= 4 is 12.2 Å². The summed E-state index contributed by atoms with van der Waals surface area (Å²) in [4.78, 5) is 8.80. The first-order chi connectivity index (χ1) is 14.6. The van der Waals surface area contributed by atoms with Gasteiger partial charge in [0.2, 0.25) is 0 Å². The second-order valence-electron chi connectivity index (χ2n) is 9.00. The van der Waals surface area contributed by atoms with Gasteiger partial charge in [0.15, 0.2) is 0 Å². The van der Waals surface area contributed by atoms with Crippen LogP contribution in [0.5, 0.6) is 0 Å². The van der Waals surface area contributed by atoms with Crippen LogP contribution in [-0.4, -0.2) is 9.97 Å². The van der Waals surface area contributed by atoms with Crippen molar-refractivity contribution in [3.8, 4) is 0 Å². The molecule has 1 heterocycles. The largest absolute Gasteiger partial charge is 0.241 e. The number of hydrogen-bond donors (Lipinski definition) is 0. The third kappa shape index (κ3) is 3.49. The number of aromatic nitrogens is 2. The van der Waals surface area contributed by atoms with Crippen LogP contribution in [0.25, 0.3) is 12.2 Å². The molecule has 2 aliphatic carbocycles. The molecule has 0 amide bonds. The Labute approximate surface area is 178 Å². The molecule has 2 aliphatic rings. The van der Waals surface area contributed by atoms with Crippen molar-refractivity contribution in [1.82, 2.24) is 9.97 Å². The molecule has 0 spiro atoms. The van der Waals surface area contributed by atoms with E-state index in [0.717, 1.165) is 25.1 Å². The first-order valence-corrected chi connectivity index (χ1v) is 11.4. The van der Waals surface area contributed by atoms with Crippen molar-refractivity contribution in [3.63, 3.8) is 0 Å². The molecule has 0 N–H and O–H groups in total. The summed E-state index contributed by atoms with van der Waals surface area (Å²) in [6.07, 6.45) is 14.6. The lowest BCUT2D eigenvalue weighted by Gasteiger charge is -2.25. The molecule has 0 saturated heterocycles. The summed E-state index contributed by atoms with van der Waals surface area (Å²) in [5, 5.41) is 5.71. The van der Waals surface area contributed by atoms with Gasteiger partial charge in [-0.15, -0.1) is 0 Å². The average Bonchev–Trinajstić information content (AvgIpc) is 2.77. The molecular formula is C28H30N2. The van der Waals surface area contributed by atoms with Crippen LogP contribution >= 0.6 is 0 Å². The molecule has 3 aromatic rings. The van der Waals surface area contributed by atoms with Gasteiger partial charge in [-0.05, 0) is 88.1 Å². The van der Waals surface area contributed by atoms with Crippen molar-refractivity contribution in [3.05, 3.63) is 91.7 Å². The quantitative estimate of drug-likeness (QED) is 0.651. The lowest BCUT2D eigenvalue weighted by molar-refractivity contribution is 0.646. The van der Waals surface area contributed by atoms with Gasteiger partial charge < -0.3 is 0 Å². The van der Waals surface area contributed by atoms with Crippen molar-refractivity contribution in [2.75, 3.05) is 0 Å². The van der Waals surface area contributed by atoms with E-state index in [4.69, 9.17) is 0 Å². The Morgan fingerprint density at radius 3 is 2.53 bits per heavy atom. The van der Waals surface area contributed by atoms with E-state index in [-0.39, 0.29) is 0 Å². The van der Waals surface area contributed by atoms with Gasteiger partial charge in [0, 0.05) is 18.3 Å². The van der Waals surface area contributed by atoms with E-state index in [1.165, 1.54) is 44.8 Å². The molecule has 0 aliphatic heterocycles. The van der Waals surface area contributed by atoms with Gasteiger partial charge in [0.1, 0.15) is 5.82 Å². The molecule has 5 rings (SSSR count). The molecule has 2 unspecified atom stereocenters. The highest BCUT2D eigenvalue weighted by Gasteiger charge is 2.21. The fourth-order valence-electron chi connectivity index (χ4n) is 5.15. The monoisotopic (exact) mass is 394 g/mol. The maximum atomic E-state index is 4.40. The standard InChI is InChI=1S/C28H30N2/c1-4-20-7-11-25-24(14-20)15-23(8-6-21-16-29-19(3)30-17-21)28-26-10-5-18(2)13-22(26)9-12-27(25)28/h7,9,11-18,23H,4-6,8,10H2,1-3H3. The molecule has 0 saturated carbocycles. The molecule has 0 radical (unpaired) electrons. The highest BCUT2D eigenvalue weighted by atomic mass is 14.8. The molecule has 0 bridgehead atoms. The van der Waals surface area contributed by atoms with E-state index < -0.39 is 0 Å². The van der Waals surface area contributed by atoms with Crippen LogP contribution in [0.1, 0.15) is 60.7 Å². The first kappa shape index (κ1) is 19.2. The SMILES string of the molecule is CCc1ccc2c(c1)=CC(CCc1cnc(C)nc1)c1c3c(ccc1=2)=CC(C)CC3. The van der Waals surface area contributed by atoms with Crippen LogP contribution in [-0.2, 0) is 19.3 Å². The summed E-state index contributed by atoms with van der Waals surface area (Å²) in [5.74, 6) is 1.96. The Morgan fingerprint density at radius 1 is 0.933 bits per heavy atom. The van der Waals surface area contributed by atoms with E-state index in [0.29, 0.717) is 11.8 Å². The Kier molecular flexibility index (Phi) is 5.02. The van der Waals surface area contributed by atoms with Crippen molar-refractivity contribution < 1.29 is 0 Å². The summed E-state index contributed by atoms with van der Waals surface area (Å²) < 4.78 is 0. The van der Waals surface area contributed by atoms with Crippen LogP contribution in [0.15, 0.2) is 42.7 Å². The smallest absolute Gasteiger partial charge is 0.125 e. The molecule has 152 valence electrons. The molecule has 30 heavy (non-hydrogen) atoms. The first-order valence-electron chi connectivity index (χ1n) is 11.4. The average molecular weight is 395 g/mol. The Balaban J connectivity index is 1.67. The van der Waals surface area contributed by atoms with E-state index in [1.54, 1.807) is 11.1 Å². The highest BCUT2D eigenvalue weighted by molar-refractivity contribution is 5.52. The number of benzene rings is 2. The van der Waals surface area contributed by atoms with Gasteiger partial charge in [-0.25, -0.2) is 9.97 Å². The van der Waals surface area contributed by atoms with Gasteiger partial charge in [-0.3, -0.25) is 0 Å². The van der Waals surface area contributed by atoms with E-state index in [1.807, 2.05) is 19.3 Å². The normalized spacial score (nSPS) is 19.2. The zero-order valence-electron chi connectivity index (χ0n) is 18.3. The van der Waals surface area contributed by atoms with Crippen molar-refractivity contribution in [2.45, 2.75) is 58.8 Å². The van der Waals surface area contributed by atoms with Gasteiger partial charge in [-0.1, -0.05) is 56.3 Å². The minimum atomic E-state index is 0.442. The lowest BCUT2D eigenvalue weighted by atomic mass is 9.79. The molecule has 2 heteroatoms. The van der Waals surface area contributed by atoms with Gasteiger partial charge in [0.05, 0.1) is 0 Å². The number of aryl methyl sites for hydroxylation is 3. The molecule has 1 aromatic heterocycles. The van der Waals surface area contributed by atoms with Gasteiger partial charge >= 0.3 is 0 Å². The summed E-state index contributed by atoms with van der Waals surface area (Å²) in [7, 11) is 0. The Bertz CT molecular complexity index is 1300. The van der Waals surface area contributed by atoms with Crippen LogP contribution < -0.4 is 10.4 Å². The fourth-order valence-corrected chi connectivity index (χ4v) is 5.15. The number of nitrogens with zero attached hydrogens (tertiary/aromatic N) is 2. The Morgan fingerprint density at radius 2 is 1.73 bits per heavy atom. The highest BCUT2D eigenvalue weighted by Crippen LogP contribution is 2.31. The number of hydrogen-bond acceptors (Lipinski definition) is 2. The van der Waals surface area contributed by atoms with Crippen LogP contribution in [0.3, 0.4) is 0 Å². The number of rotatable bonds is 4. The summed E-state index contributed by atoms with van der Waals surface area (Å²) in [6, 6.07) is 11.8. The number of fused-ring (bicyclic) bond motifs is 4. The predicted molar refractivity (Wildman–Crippen MR) is 123 cm³/mol. The van der Waals surface area contributed by atoms with E-state index in [9.17, 15) is 0 Å². The summed E-state index contributed by atoms with van der Waals surface area (Å²) in [6.45, 7) is 6.52. The zero-order valence-corrected chi connectivity index (χ0v) is 18.3. The molecule has 0 fully saturated rings. The van der Waals surface area contributed by atoms with Gasteiger partial charge in [-0.2, -0.15) is 0 Å². The summed E-state index contributed by atoms with van der Waals surface area (Å²) in [5.41, 5.74) is 5.80. The predicted octanol–water partition coefficient (Wildman–Crippen LogP) is 4.51. The lowest BCUT2D eigenvalue weighted by Crippen LogP contribution is -2.24. The minimum absolute atomic E-state index is 0.442. The van der Waals surface area contributed by atoms with Crippen LogP contribution in [0.2, 0.25) is 0 Å². The van der Waals surface area contributed by atoms with Crippen LogP contribution in [0.4, 0.5) is 0 Å². The van der Waals surface area contributed by atoms with Crippen molar-refractivity contribution in [2.24, 2.45) is 5.92 Å². The maximum absolute atomic E-state index is 4.40. The topological polar surface area (TPSA) is 25.8 Å². The zero-order chi connectivity index (χ0) is 20.7. The minimum Gasteiger partial charge on any atom is -0.241 e. The summed E-state index contributed by atoms with van der Waals surface area (Å²) >= 11 is 0. The molecular weight excluding hydrogens is 364 g/mol. The molecule has 2 aromatic carbocycles. The second kappa shape index (κ2) is 7.83. The fraction of sp³-hybridized carbons (Fsp3) is 0.357. The second-order valence-corrected chi connectivity index (χ2v) is 9.00. The maximum Gasteiger partial charge on any atom is 0.125 e. The molecule has 2 atom stereocenters. The third-order valence-electron chi connectivity index (χ3n) is 6.85. The molecule has 2 nitrogen and oxygen atoms in total. The van der Waals surface area contributed by atoms with Crippen molar-refractivity contribution in [1.29, 1.82) is 0 Å². The van der Waals surface area contributed by atoms with Crippen LogP contribution in [0, 0.1) is 23.3 Å². The Hall–Kier alpha value is -2.74. The third-order valence-corrected chi connectivity index (χ3v) is 6.85. The van der Waals surface area contributed by atoms with E-state index >= 15 is 0 Å². The van der Waals surface area contributed by atoms with Gasteiger partial charge in [0.25, 0.3) is 0 Å². The van der Waals surface area contributed by atoms with E-state index in [2.05, 4.69) is 66.3 Å².